The Morgan fingerprint density at radius 1 is 0.722 bits per heavy atom. The van der Waals surface area contributed by atoms with Crippen molar-refractivity contribution < 1.29 is 0 Å². The van der Waals surface area contributed by atoms with Crippen molar-refractivity contribution in [2.24, 2.45) is 0 Å². The van der Waals surface area contributed by atoms with Gasteiger partial charge in [-0.3, -0.25) is 9.80 Å². The average Bonchev–Trinajstić information content (AvgIpc) is 2.77. The highest BCUT2D eigenvalue weighted by molar-refractivity contribution is 4.67. The molecule has 0 aromatic heterocycles. The van der Waals surface area contributed by atoms with Gasteiger partial charge >= 0.3 is 0 Å². The molecule has 2 heteroatoms. The summed E-state index contributed by atoms with van der Waals surface area (Å²) in [5.74, 6) is 0. The zero-order valence-corrected chi connectivity index (χ0v) is 12.8. The molecule has 0 aliphatic carbocycles. The Balaban J connectivity index is 1.73. The summed E-state index contributed by atoms with van der Waals surface area (Å²) in [7, 11) is 2.22. The second kappa shape index (κ2) is 10.8. The maximum absolute atomic E-state index is 2.59. The summed E-state index contributed by atoms with van der Waals surface area (Å²) >= 11 is 0. The largest absolute Gasteiger partial charge is 0.292 e. The Kier molecular flexibility index (Phi) is 9.59. The predicted molar refractivity (Wildman–Crippen MR) is 80.9 cm³/mol. The molecule has 18 heavy (non-hydrogen) atoms. The third kappa shape index (κ3) is 8.10. The summed E-state index contributed by atoms with van der Waals surface area (Å²) in [4.78, 5) is 5.00. The van der Waals surface area contributed by atoms with Crippen LogP contribution in [-0.2, 0) is 0 Å². The molecule has 1 aliphatic rings. The smallest absolute Gasteiger partial charge is 0.0504 e. The first-order chi connectivity index (χ1) is 8.83. The highest BCUT2D eigenvalue weighted by atomic mass is 15.4. The van der Waals surface area contributed by atoms with Gasteiger partial charge in [-0.2, -0.15) is 0 Å². The Morgan fingerprint density at radius 2 is 1.28 bits per heavy atom. The second-order valence-electron chi connectivity index (χ2n) is 6.02. The number of likely N-dealkylation sites (N-methyl/N-ethyl adjacent to an activating group) is 1. The van der Waals surface area contributed by atoms with Crippen molar-refractivity contribution in [1.82, 2.24) is 9.80 Å². The Labute approximate surface area is 115 Å². The molecule has 0 aromatic rings. The lowest BCUT2D eigenvalue weighted by Crippen LogP contribution is -2.24. The minimum Gasteiger partial charge on any atom is -0.292 e. The Hall–Kier alpha value is -0.0800. The van der Waals surface area contributed by atoms with E-state index in [-0.39, 0.29) is 0 Å². The molecule has 0 spiro atoms. The van der Waals surface area contributed by atoms with Gasteiger partial charge in [-0.1, -0.05) is 64.7 Å². The van der Waals surface area contributed by atoms with E-state index in [1.54, 1.807) is 0 Å². The van der Waals surface area contributed by atoms with Crippen molar-refractivity contribution in [3.8, 4) is 0 Å². The third-order valence-electron chi connectivity index (χ3n) is 4.07. The van der Waals surface area contributed by atoms with E-state index in [2.05, 4.69) is 23.8 Å². The predicted octanol–water partition coefficient (Wildman–Crippen LogP) is 4.11. The highest BCUT2D eigenvalue weighted by Crippen LogP contribution is 2.11. The summed E-state index contributed by atoms with van der Waals surface area (Å²) in [5.41, 5.74) is 0. The first-order valence-electron chi connectivity index (χ1n) is 8.24. The molecule has 0 aromatic carbocycles. The summed E-state index contributed by atoms with van der Waals surface area (Å²) < 4.78 is 0. The number of rotatable bonds is 11. The lowest BCUT2D eigenvalue weighted by Gasteiger charge is -2.14. The second-order valence-corrected chi connectivity index (χ2v) is 6.02. The lowest BCUT2D eigenvalue weighted by atomic mass is 10.1. The molecule has 0 bridgehead atoms. The van der Waals surface area contributed by atoms with E-state index in [0.29, 0.717) is 0 Å². The van der Waals surface area contributed by atoms with E-state index in [0.717, 1.165) is 0 Å². The minimum atomic E-state index is 1.19. The quantitative estimate of drug-likeness (QED) is 0.512. The summed E-state index contributed by atoms with van der Waals surface area (Å²) in [6.45, 7) is 7.35. The molecule has 1 rings (SSSR count). The molecule has 0 radical (unpaired) electrons. The summed E-state index contributed by atoms with van der Waals surface area (Å²) in [6.07, 6.45) is 14.4. The lowest BCUT2D eigenvalue weighted by molar-refractivity contribution is 0.269. The van der Waals surface area contributed by atoms with Crippen molar-refractivity contribution in [3.63, 3.8) is 0 Å². The van der Waals surface area contributed by atoms with Crippen molar-refractivity contribution in [3.05, 3.63) is 0 Å². The molecule has 0 amide bonds. The van der Waals surface area contributed by atoms with Crippen molar-refractivity contribution in [1.29, 1.82) is 0 Å². The first kappa shape index (κ1) is 16.0. The molecule has 0 unspecified atom stereocenters. The van der Waals surface area contributed by atoms with Gasteiger partial charge in [0, 0.05) is 13.1 Å². The molecule has 1 saturated heterocycles. The van der Waals surface area contributed by atoms with Crippen LogP contribution in [0.15, 0.2) is 0 Å². The topological polar surface area (TPSA) is 6.48 Å². The van der Waals surface area contributed by atoms with Gasteiger partial charge in [-0.15, -0.1) is 0 Å². The van der Waals surface area contributed by atoms with Crippen LogP contribution in [0.5, 0.6) is 0 Å². The van der Waals surface area contributed by atoms with E-state index in [1.165, 1.54) is 90.5 Å². The van der Waals surface area contributed by atoms with Crippen LogP contribution in [-0.4, -0.2) is 43.2 Å². The fourth-order valence-corrected chi connectivity index (χ4v) is 2.80. The van der Waals surface area contributed by atoms with Crippen molar-refractivity contribution >= 4 is 0 Å². The van der Waals surface area contributed by atoms with Crippen LogP contribution >= 0.6 is 0 Å². The van der Waals surface area contributed by atoms with E-state index in [9.17, 15) is 0 Å². The zero-order chi connectivity index (χ0) is 13.1. The van der Waals surface area contributed by atoms with E-state index >= 15 is 0 Å². The molecule has 1 heterocycles. The van der Waals surface area contributed by atoms with Crippen LogP contribution in [0.3, 0.4) is 0 Å². The molecule has 108 valence electrons. The van der Waals surface area contributed by atoms with Gasteiger partial charge in [0.25, 0.3) is 0 Å². The molecule has 1 aliphatic heterocycles. The minimum absolute atomic E-state index is 1.19. The van der Waals surface area contributed by atoms with Gasteiger partial charge in [0.15, 0.2) is 0 Å². The van der Waals surface area contributed by atoms with Crippen molar-refractivity contribution in [2.75, 3.05) is 33.4 Å². The van der Waals surface area contributed by atoms with Crippen LogP contribution in [0.2, 0.25) is 0 Å². The molecular formula is C16H34N2. The van der Waals surface area contributed by atoms with Gasteiger partial charge < -0.3 is 0 Å². The molecular weight excluding hydrogens is 220 g/mol. The van der Waals surface area contributed by atoms with Crippen LogP contribution in [0, 0.1) is 0 Å². The monoisotopic (exact) mass is 254 g/mol. The van der Waals surface area contributed by atoms with E-state index in [4.69, 9.17) is 0 Å². The Morgan fingerprint density at radius 3 is 1.78 bits per heavy atom. The van der Waals surface area contributed by atoms with Gasteiger partial charge in [-0.25, -0.2) is 0 Å². The molecule has 0 saturated carbocycles. The van der Waals surface area contributed by atoms with Crippen LogP contribution in [0.1, 0.15) is 71.1 Å². The molecule has 1 fully saturated rings. The van der Waals surface area contributed by atoms with E-state index < -0.39 is 0 Å². The number of nitrogens with zero attached hydrogens (tertiary/aromatic N) is 2. The van der Waals surface area contributed by atoms with Gasteiger partial charge in [-0.05, 0) is 20.0 Å². The highest BCUT2D eigenvalue weighted by Gasteiger charge is 2.14. The van der Waals surface area contributed by atoms with Crippen molar-refractivity contribution in [2.45, 2.75) is 71.1 Å². The van der Waals surface area contributed by atoms with Crippen LogP contribution in [0.25, 0.3) is 0 Å². The first-order valence-corrected chi connectivity index (χ1v) is 8.24. The van der Waals surface area contributed by atoms with Gasteiger partial charge in [0.2, 0.25) is 0 Å². The normalized spacial score (nSPS) is 17.7. The summed E-state index contributed by atoms with van der Waals surface area (Å²) in [6, 6.07) is 0. The van der Waals surface area contributed by atoms with Crippen LogP contribution in [0.4, 0.5) is 0 Å². The fraction of sp³-hybridized carbons (Fsp3) is 1.00. The number of hydrogen-bond donors (Lipinski definition) is 0. The standard InChI is InChI=1S/C16H34N2/c1-3-4-5-6-7-8-9-10-11-12-13-18-15-14-17(2)16-18/h3-16H2,1-2H3. The molecule has 0 atom stereocenters. The SMILES string of the molecule is CCCCCCCCCCCCN1CCN(C)C1. The maximum atomic E-state index is 2.59. The van der Waals surface area contributed by atoms with E-state index in [1.807, 2.05) is 0 Å². The average molecular weight is 254 g/mol. The molecule has 2 nitrogen and oxygen atoms in total. The maximum Gasteiger partial charge on any atom is 0.0504 e. The van der Waals surface area contributed by atoms with Crippen LogP contribution < -0.4 is 0 Å². The third-order valence-corrected chi connectivity index (χ3v) is 4.07. The Bertz CT molecular complexity index is 182. The fourth-order valence-electron chi connectivity index (χ4n) is 2.80. The zero-order valence-electron chi connectivity index (χ0n) is 12.8. The number of hydrogen-bond acceptors (Lipinski definition) is 2. The molecule has 0 N–H and O–H groups in total. The number of unbranched alkanes of at least 4 members (excludes halogenated alkanes) is 9. The van der Waals surface area contributed by atoms with Gasteiger partial charge in [0.1, 0.15) is 0 Å². The summed E-state index contributed by atoms with van der Waals surface area (Å²) in [5, 5.41) is 0. The van der Waals surface area contributed by atoms with Gasteiger partial charge in [0.05, 0.1) is 6.67 Å².